The molecule has 1 aromatic rings. The molecule has 21 heavy (non-hydrogen) atoms. The van der Waals surface area contributed by atoms with Crippen LogP contribution in [0.2, 0.25) is 0 Å². The molecule has 0 bridgehead atoms. The van der Waals surface area contributed by atoms with Gasteiger partial charge in [-0.3, -0.25) is 0 Å². The number of benzene rings is 1. The van der Waals surface area contributed by atoms with Gasteiger partial charge in [0.25, 0.3) is 0 Å². The molecule has 1 aromatic carbocycles. The van der Waals surface area contributed by atoms with Crippen LogP contribution >= 0.6 is 11.8 Å². The smallest absolute Gasteiger partial charge is 0.241 e. The number of thioether (sulfide) groups is 1. The third-order valence-corrected chi connectivity index (χ3v) is 6.62. The molecule has 0 aromatic heterocycles. The van der Waals surface area contributed by atoms with Crippen molar-refractivity contribution >= 4 is 27.5 Å². The molecular formula is C14H24N2O3S2. The SMILES string of the molecule is CSC(CO)C(C)NS(=O)(=O)c1c(C)cc(C)c(N)c1C. The Labute approximate surface area is 131 Å². The fourth-order valence-electron chi connectivity index (χ4n) is 2.41. The van der Waals surface area contributed by atoms with Crippen LogP contribution in [0.25, 0.3) is 0 Å². The molecule has 0 fully saturated rings. The topological polar surface area (TPSA) is 92.4 Å². The van der Waals surface area contributed by atoms with Crippen LogP contribution < -0.4 is 10.5 Å². The summed E-state index contributed by atoms with van der Waals surface area (Å²) in [6.45, 7) is 7.00. The zero-order valence-corrected chi connectivity index (χ0v) is 14.7. The van der Waals surface area contributed by atoms with E-state index in [0.29, 0.717) is 16.8 Å². The zero-order valence-electron chi connectivity index (χ0n) is 13.1. The van der Waals surface area contributed by atoms with Gasteiger partial charge in [0.1, 0.15) is 0 Å². The average Bonchev–Trinajstić information content (AvgIpc) is 2.36. The first-order valence-electron chi connectivity index (χ1n) is 6.68. The molecule has 4 N–H and O–H groups in total. The number of rotatable bonds is 6. The number of anilines is 1. The van der Waals surface area contributed by atoms with Crippen LogP contribution in [0.1, 0.15) is 23.6 Å². The van der Waals surface area contributed by atoms with E-state index in [2.05, 4.69) is 4.72 Å². The monoisotopic (exact) mass is 332 g/mol. The molecule has 0 saturated heterocycles. The number of hydrogen-bond donors (Lipinski definition) is 3. The van der Waals surface area contributed by atoms with Crippen LogP contribution in [0.5, 0.6) is 0 Å². The van der Waals surface area contributed by atoms with Crippen LogP contribution in [-0.4, -0.2) is 37.7 Å². The van der Waals surface area contributed by atoms with Crippen LogP contribution in [0.4, 0.5) is 5.69 Å². The first kappa shape index (κ1) is 18.3. The predicted octanol–water partition coefficient (Wildman–Crippen LogP) is 1.58. The summed E-state index contributed by atoms with van der Waals surface area (Å²) < 4.78 is 27.9. The fourth-order valence-corrected chi connectivity index (χ4v) is 4.89. The first-order chi connectivity index (χ1) is 9.65. The number of nitrogens with two attached hydrogens (primary N) is 1. The Balaban J connectivity index is 3.24. The van der Waals surface area contributed by atoms with Crippen molar-refractivity contribution < 1.29 is 13.5 Å². The Morgan fingerprint density at radius 3 is 2.38 bits per heavy atom. The van der Waals surface area contributed by atoms with E-state index in [1.807, 2.05) is 13.2 Å². The normalized spacial score (nSPS) is 15.0. The van der Waals surface area contributed by atoms with E-state index < -0.39 is 10.0 Å². The number of aliphatic hydroxyl groups excluding tert-OH is 1. The third-order valence-electron chi connectivity index (χ3n) is 3.61. The molecule has 0 saturated carbocycles. The van der Waals surface area contributed by atoms with Crippen molar-refractivity contribution in [1.29, 1.82) is 0 Å². The highest BCUT2D eigenvalue weighted by Crippen LogP contribution is 2.28. The summed E-state index contributed by atoms with van der Waals surface area (Å²) in [5, 5.41) is 9.09. The maximum atomic E-state index is 12.6. The molecule has 0 heterocycles. The van der Waals surface area contributed by atoms with Gasteiger partial charge in [-0.25, -0.2) is 13.1 Å². The molecule has 0 aliphatic heterocycles. The zero-order chi connectivity index (χ0) is 16.4. The van der Waals surface area contributed by atoms with Gasteiger partial charge in [-0.15, -0.1) is 0 Å². The summed E-state index contributed by atoms with van der Waals surface area (Å²) in [5.41, 5.74) is 8.56. The van der Waals surface area contributed by atoms with Gasteiger partial charge in [-0.1, -0.05) is 6.07 Å². The maximum absolute atomic E-state index is 12.6. The summed E-state index contributed by atoms with van der Waals surface area (Å²) in [5.74, 6) is 0. The van der Waals surface area contributed by atoms with E-state index in [0.717, 1.165) is 5.56 Å². The Morgan fingerprint density at radius 2 is 1.90 bits per heavy atom. The number of aryl methyl sites for hydroxylation is 2. The van der Waals surface area contributed by atoms with Crippen molar-refractivity contribution in [3.63, 3.8) is 0 Å². The molecule has 2 unspecified atom stereocenters. The number of aliphatic hydroxyl groups is 1. The van der Waals surface area contributed by atoms with E-state index >= 15 is 0 Å². The van der Waals surface area contributed by atoms with Gasteiger partial charge in [0.15, 0.2) is 0 Å². The molecule has 1 rings (SSSR count). The van der Waals surface area contributed by atoms with E-state index in [9.17, 15) is 13.5 Å². The van der Waals surface area contributed by atoms with Crippen LogP contribution in [0.15, 0.2) is 11.0 Å². The minimum Gasteiger partial charge on any atom is -0.398 e. The second-order valence-electron chi connectivity index (χ2n) is 5.24. The van der Waals surface area contributed by atoms with Crippen LogP contribution in [-0.2, 0) is 10.0 Å². The first-order valence-corrected chi connectivity index (χ1v) is 9.45. The average molecular weight is 332 g/mol. The minimum absolute atomic E-state index is 0.0845. The van der Waals surface area contributed by atoms with Gasteiger partial charge in [0.05, 0.1) is 11.5 Å². The predicted molar refractivity (Wildman–Crippen MR) is 89.2 cm³/mol. The van der Waals surface area contributed by atoms with Crippen molar-refractivity contribution in [3.05, 3.63) is 22.8 Å². The Hall–Kier alpha value is -0.760. The molecule has 120 valence electrons. The van der Waals surface area contributed by atoms with Gasteiger partial charge >= 0.3 is 0 Å². The standard InChI is InChI=1S/C14H24N2O3S2/c1-8-6-9(2)14(10(3)13(8)15)21(18,19)16-11(4)12(7-17)20-5/h6,11-12,16-17H,7,15H2,1-5H3. The van der Waals surface area contributed by atoms with Gasteiger partial charge in [-0.05, 0) is 50.6 Å². The van der Waals surface area contributed by atoms with Gasteiger partial charge < -0.3 is 10.8 Å². The molecule has 0 aliphatic rings. The molecular weight excluding hydrogens is 308 g/mol. The number of sulfonamides is 1. The molecule has 0 radical (unpaired) electrons. The number of hydrogen-bond acceptors (Lipinski definition) is 5. The summed E-state index contributed by atoms with van der Waals surface area (Å²) in [4.78, 5) is 0.232. The largest absolute Gasteiger partial charge is 0.398 e. The summed E-state index contributed by atoms with van der Waals surface area (Å²) in [6.07, 6.45) is 1.84. The lowest BCUT2D eigenvalue weighted by molar-refractivity contribution is 0.282. The van der Waals surface area contributed by atoms with Crippen molar-refractivity contribution in [3.8, 4) is 0 Å². The van der Waals surface area contributed by atoms with Gasteiger partial charge in [0, 0.05) is 17.0 Å². The van der Waals surface area contributed by atoms with Crippen molar-refractivity contribution in [1.82, 2.24) is 4.72 Å². The second kappa shape index (κ2) is 7.00. The highest BCUT2D eigenvalue weighted by Gasteiger charge is 2.26. The quantitative estimate of drug-likeness (QED) is 0.688. The molecule has 2 atom stereocenters. The van der Waals surface area contributed by atoms with Crippen LogP contribution in [0.3, 0.4) is 0 Å². The van der Waals surface area contributed by atoms with E-state index in [-0.39, 0.29) is 22.8 Å². The lowest BCUT2D eigenvalue weighted by Crippen LogP contribution is -2.41. The summed E-state index contributed by atoms with van der Waals surface area (Å²) in [6, 6.07) is 1.40. The van der Waals surface area contributed by atoms with Gasteiger partial charge in [-0.2, -0.15) is 11.8 Å². The van der Waals surface area contributed by atoms with Crippen LogP contribution in [0, 0.1) is 20.8 Å². The molecule has 5 nitrogen and oxygen atoms in total. The highest BCUT2D eigenvalue weighted by atomic mass is 32.2. The Morgan fingerprint density at radius 1 is 1.33 bits per heavy atom. The number of nitrogens with one attached hydrogen (secondary N) is 1. The lowest BCUT2D eigenvalue weighted by Gasteiger charge is -2.23. The van der Waals surface area contributed by atoms with E-state index in [1.54, 1.807) is 26.8 Å². The van der Waals surface area contributed by atoms with E-state index in [4.69, 9.17) is 5.73 Å². The van der Waals surface area contributed by atoms with Gasteiger partial charge in [0.2, 0.25) is 10.0 Å². The van der Waals surface area contributed by atoms with E-state index in [1.165, 1.54) is 11.8 Å². The summed E-state index contributed by atoms with van der Waals surface area (Å²) >= 11 is 1.43. The third kappa shape index (κ3) is 3.91. The molecule has 7 heteroatoms. The lowest BCUT2D eigenvalue weighted by atomic mass is 10.1. The number of nitrogen functional groups attached to an aromatic ring is 1. The Kier molecular flexibility index (Phi) is 6.10. The maximum Gasteiger partial charge on any atom is 0.241 e. The molecule has 0 amide bonds. The van der Waals surface area contributed by atoms with Crippen molar-refractivity contribution in [2.24, 2.45) is 0 Å². The molecule has 0 aliphatic carbocycles. The van der Waals surface area contributed by atoms with Crippen molar-refractivity contribution in [2.75, 3.05) is 18.6 Å². The Bertz CT molecular complexity index is 611. The fraction of sp³-hybridized carbons (Fsp3) is 0.571. The summed E-state index contributed by atoms with van der Waals surface area (Å²) in [7, 11) is -3.68. The molecule has 0 spiro atoms. The minimum atomic E-state index is -3.68. The second-order valence-corrected chi connectivity index (χ2v) is 7.97. The highest BCUT2D eigenvalue weighted by molar-refractivity contribution is 7.99. The van der Waals surface area contributed by atoms with Crippen molar-refractivity contribution in [2.45, 2.75) is 43.9 Å².